The van der Waals surface area contributed by atoms with Crippen molar-refractivity contribution in [3.05, 3.63) is 64.1 Å². The highest BCUT2D eigenvalue weighted by atomic mass is 79.9. The fourth-order valence-corrected chi connectivity index (χ4v) is 4.95. The number of amides is 1. The third-order valence-electron chi connectivity index (χ3n) is 6.17. The second kappa shape index (κ2) is 10.5. The van der Waals surface area contributed by atoms with Crippen molar-refractivity contribution >= 4 is 22.0 Å². The van der Waals surface area contributed by atoms with E-state index in [1.807, 2.05) is 48.2 Å². The first-order valence-electron chi connectivity index (χ1n) is 11.2. The molecule has 0 aliphatic carbocycles. The van der Waals surface area contributed by atoms with Crippen molar-refractivity contribution in [3.8, 4) is 5.75 Å². The van der Waals surface area contributed by atoms with E-state index in [9.17, 15) is 4.79 Å². The van der Waals surface area contributed by atoms with E-state index in [1.54, 1.807) is 0 Å². The Morgan fingerprint density at radius 2 is 1.90 bits per heavy atom. The largest absolute Gasteiger partial charge is 0.494 e. The maximum absolute atomic E-state index is 12.3. The molecule has 0 radical (unpaired) electrons. The number of halogens is 1. The fraction of sp³-hybridized carbons (Fsp3) is 0.480. The number of benzene rings is 2. The number of carbonyl (C=O) groups excluding carboxylic acids is 1. The molecule has 0 spiro atoms. The summed E-state index contributed by atoms with van der Waals surface area (Å²) in [6.07, 6.45) is 3.17. The zero-order valence-electron chi connectivity index (χ0n) is 18.1. The average Bonchev–Trinajstić information content (AvgIpc) is 3.11. The molecule has 31 heavy (non-hydrogen) atoms. The van der Waals surface area contributed by atoms with Gasteiger partial charge in [0.05, 0.1) is 13.2 Å². The van der Waals surface area contributed by atoms with Crippen LogP contribution < -0.4 is 4.74 Å². The van der Waals surface area contributed by atoms with E-state index in [4.69, 9.17) is 9.47 Å². The minimum Gasteiger partial charge on any atom is -0.494 e. The molecule has 2 saturated heterocycles. The van der Waals surface area contributed by atoms with Crippen molar-refractivity contribution in [2.24, 2.45) is 5.92 Å². The zero-order valence-corrected chi connectivity index (χ0v) is 19.7. The van der Waals surface area contributed by atoms with Crippen LogP contribution in [0.15, 0.2) is 53.0 Å². The van der Waals surface area contributed by atoms with Crippen molar-refractivity contribution in [3.63, 3.8) is 0 Å². The molecule has 2 aliphatic rings. The van der Waals surface area contributed by atoms with E-state index in [-0.39, 0.29) is 12.2 Å². The smallest absolute Gasteiger partial charge is 0.410 e. The van der Waals surface area contributed by atoms with Gasteiger partial charge in [-0.1, -0.05) is 46.3 Å². The van der Waals surface area contributed by atoms with Crippen molar-refractivity contribution in [1.29, 1.82) is 0 Å². The molecule has 2 heterocycles. The summed E-state index contributed by atoms with van der Waals surface area (Å²) in [7, 11) is 0. The molecular formula is C25H31BrN2O3. The predicted molar refractivity (Wildman–Crippen MR) is 125 cm³/mol. The van der Waals surface area contributed by atoms with Crippen LogP contribution in [0, 0.1) is 5.92 Å². The van der Waals surface area contributed by atoms with Crippen molar-refractivity contribution in [1.82, 2.24) is 9.80 Å². The number of nitrogens with zero attached hydrogens (tertiary/aromatic N) is 2. The molecule has 2 fully saturated rings. The Balaban J connectivity index is 1.23. The monoisotopic (exact) mass is 486 g/mol. The SMILES string of the molecule is CCOc1ccc(Br)c(CC2CCN(CC3CN(Cc4ccccc4)C(=O)O3)CC2)c1. The third-order valence-corrected chi connectivity index (χ3v) is 6.95. The molecular weight excluding hydrogens is 456 g/mol. The normalized spacial score (nSPS) is 20.1. The summed E-state index contributed by atoms with van der Waals surface area (Å²) in [5.74, 6) is 1.62. The van der Waals surface area contributed by atoms with Crippen LogP contribution in [0.5, 0.6) is 5.75 Å². The number of ether oxygens (including phenoxy) is 2. The number of piperidine rings is 1. The van der Waals surface area contributed by atoms with Crippen LogP contribution in [0.4, 0.5) is 4.79 Å². The molecule has 0 bridgehead atoms. The minimum absolute atomic E-state index is 0.0372. The molecule has 4 rings (SSSR count). The Morgan fingerprint density at radius 3 is 2.65 bits per heavy atom. The number of likely N-dealkylation sites (tertiary alicyclic amines) is 1. The Labute approximate surface area is 193 Å². The lowest BCUT2D eigenvalue weighted by molar-refractivity contribution is 0.0904. The number of carbonyl (C=O) groups is 1. The maximum Gasteiger partial charge on any atom is 0.410 e. The molecule has 5 nitrogen and oxygen atoms in total. The standard InChI is InChI=1S/C25H31BrN2O3/c1-2-30-22-8-9-24(26)21(15-22)14-19-10-12-27(13-11-19)17-23-18-28(25(29)31-23)16-20-6-4-3-5-7-20/h3-9,15,19,23H,2,10-14,16-18H2,1H3. The highest BCUT2D eigenvalue weighted by Crippen LogP contribution is 2.29. The number of hydrogen-bond donors (Lipinski definition) is 0. The van der Waals surface area contributed by atoms with Gasteiger partial charge in [-0.15, -0.1) is 0 Å². The van der Waals surface area contributed by atoms with E-state index in [2.05, 4.69) is 33.0 Å². The second-order valence-electron chi connectivity index (χ2n) is 8.51. The van der Waals surface area contributed by atoms with Gasteiger partial charge in [-0.05, 0) is 74.5 Å². The molecule has 1 atom stereocenters. The quantitative estimate of drug-likeness (QED) is 0.518. The lowest BCUT2D eigenvalue weighted by atomic mass is 9.90. The van der Waals surface area contributed by atoms with Crippen molar-refractivity contribution in [2.75, 3.05) is 32.8 Å². The van der Waals surface area contributed by atoms with Crippen molar-refractivity contribution < 1.29 is 14.3 Å². The molecule has 0 aromatic heterocycles. The maximum atomic E-state index is 12.3. The first-order chi connectivity index (χ1) is 15.1. The third kappa shape index (κ3) is 6.01. The van der Waals surface area contributed by atoms with Gasteiger partial charge in [0.15, 0.2) is 0 Å². The summed E-state index contributed by atoms with van der Waals surface area (Å²) in [5.41, 5.74) is 2.46. The highest BCUT2D eigenvalue weighted by Gasteiger charge is 2.33. The van der Waals surface area contributed by atoms with Gasteiger partial charge in [-0.25, -0.2) is 4.79 Å². The molecule has 2 aromatic carbocycles. The summed E-state index contributed by atoms with van der Waals surface area (Å²) in [6.45, 7) is 6.93. The second-order valence-corrected chi connectivity index (χ2v) is 9.36. The van der Waals surface area contributed by atoms with E-state index in [1.165, 1.54) is 18.4 Å². The first-order valence-corrected chi connectivity index (χ1v) is 12.0. The van der Waals surface area contributed by atoms with E-state index in [0.29, 0.717) is 25.6 Å². The van der Waals surface area contributed by atoms with E-state index < -0.39 is 0 Å². The first kappa shape index (κ1) is 22.2. The topological polar surface area (TPSA) is 42.0 Å². The average molecular weight is 487 g/mol. The summed E-state index contributed by atoms with van der Waals surface area (Å²) >= 11 is 3.69. The van der Waals surface area contributed by atoms with Gasteiger partial charge in [-0.2, -0.15) is 0 Å². The van der Waals surface area contributed by atoms with Gasteiger partial charge in [0, 0.05) is 17.6 Å². The molecule has 2 aliphatic heterocycles. The summed E-state index contributed by atoms with van der Waals surface area (Å²) in [5, 5.41) is 0. The van der Waals surface area contributed by atoms with Crippen LogP contribution in [0.1, 0.15) is 30.9 Å². The molecule has 0 saturated carbocycles. The Morgan fingerprint density at radius 1 is 1.13 bits per heavy atom. The van der Waals surface area contributed by atoms with Crippen LogP contribution >= 0.6 is 15.9 Å². The van der Waals surface area contributed by atoms with Crippen LogP contribution in [-0.2, 0) is 17.7 Å². The molecule has 0 N–H and O–H groups in total. The number of rotatable bonds is 8. The zero-order chi connectivity index (χ0) is 21.6. The summed E-state index contributed by atoms with van der Waals surface area (Å²) < 4.78 is 12.5. The Bertz CT molecular complexity index is 868. The lowest BCUT2D eigenvalue weighted by Crippen LogP contribution is -2.40. The summed E-state index contributed by atoms with van der Waals surface area (Å²) in [4.78, 5) is 16.5. The van der Waals surface area contributed by atoms with Crippen molar-refractivity contribution in [2.45, 2.75) is 38.8 Å². The number of hydrogen-bond acceptors (Lipinski definition) is 4. The van der Waals surface area contributed by atoms with Crippen LogP contribution in [0.2, 0.25) is 0 Å². The molecule has 6 heteroatoms. The summed E-state index contributed by atoms with van der Waals surface area (Å²) in [6, 6.07) is 16.4. The van der Waals surface area contributed by atoms with E-state index >= 15 is 0 Å². The van der Waals surface area contributed by atoms with Crippen LogP contribution in [-0.4, -0.2) is 54.8 Å². The van der Waals surface area contributed by atoms with Gasteiger partial charge in [0.1, 0.15) is 11.9 Å². The molecule has 2 aromatic rings. The minimum atomic E-state index is -0.192. The number of cyclic esters (lactones) is 1. The van der Waals surface area contributed by atoms with Gasteiger partial charge in [0.25, 0.3) is 0 Å². The Hall–Kier alpha value is -2.05. The van der Waals surface area contributed by atoms with Crippen LogP contribution in [0.25, 0.3) is 0 Å². The lowest BCUT2D eigenvalue weighted by Gasteiger charge is -2.33. The molecule has 166 valence electrons. The van der Waals surface area contributed by atoms with Crippen LogP contribution in [0.3, 0.4) is 0 Å². The van der Waals surface area contributed by atoms with Gasteiger partial charge in [0.2, 0.25) is 0 Å². The Kier molecular flexibility index (Phi) is 7.51. The highest BCUT2D eigenvalue weighted by molar-refractivity contribution is 9.10. The van der Waals surface area contributed by atoms with Gasteiger partial charge < -0.3 is 14.4 Å². The molecule has 1 amide bonds. The van der Waals surface area contributed by atoms with E-state index in [0.717, 1.165) is 41.8 Å². The predicted octanol–water partition coefficient (Wildman–Crippen LogP) is 5.12. The van der Waals surface area contributed by atoms with Gasteiger partial charge >= 0.3 is 6.09 Å². The molecule has 1 unspecified atom stereocenters. The fourth-order valence-electron chi connectivity index (χ4n) is 4.54. The van der Waals surface area contributed by atoms with Gasteiger partial charge in [-0.3, -0.25) is 4.90 Å².